The smallest absolute Gasteiger partial charge is 0.224 e. The van der Waals surface area contributed by atoms with Gasteiger partial charge in [-0.15, -0.1) is 0 Å². The Bertz CT molecular complexity index is 743. The summed E-state index contributed by atoms with van der Waals surface area (Å²) in [6.07, 6.45) is 3.07. The Morgan fingerprint density at radius 2 is 1.95 bits per heavy atom. The van der Waals surface area contributed by atoms with Crippen molar-refractivity contribution in [2.45, 2.75) is 42.0 Å². The van der Waals surface area contributed by atoms with Gasteiger partial charge in [-0.1, -0.05) is 6.92 Å². The molecule has 1 aliphatic heterocycles. The fraction of sp³-hybridized carbons (Fsp3) is 0.538. The molecule has 2 rings (SSSR count). The molecule has 0 saturated carbocycles. The van der Waals surface area contributed by atoms with E-state index in [0.717, 1.165) is 37.3 Å². The summed E-state index contributed by atoms with van der Waals surface area (Å²) in [4.78, 5) is -0.763. The first-order valence-electron chi connectivity index (χ1n) is 6.69. The van der Waals surface area contributed by atoms with Gasteiger partial charge in [0.2, 0.25) is 10.0 Å². The first-order valence-corrected chi connectivity index (χ1v) is 10.0. The highest BCUT2D eigenvalue weighted by Crippen LogP contribution is 2.30. The van der Waals surface area contributed by atoms with Gasteiger partial charge in [0.25, 0.3) is 0 Å². The molecule has 0 radical (unpaired) electrons. The van der Waals surface area contributed by atoms with E-state index < -0.39 is 30.6 Å². The van der Waals surface area contributed by atoms with Crippen molar-refractivity contribution in [2.24, 2.45) is 0 Å². The van der Waals surface area contributed by atoms with Crippen molar-refractivity contribution >= 4 is 19.9 Å². The first kappa shape index (κ1) is 16.4. The van der Waals surface area contributed by atoms with Crippen LogP contribution in [0.2, 0.25) is 0 Å². The van der Waals surface area contributed by atoms with Gasteiger partial charge in [0.15, 0.2) is 9.84 Å². The number of halogens is 1. The average Bonchev–Trinajstić information content (AvgIpc) is 2.86. The highest BCUT2D eigenvalue weighted by Gasteiger charge is 2.36. The fourth-order valence-corrected chi connectivity index (χ4v) is 5.15. The molecular weight excluding hydrogens is 317 g/mol. The van der Waals surface area contributed by atoms with Gasteiger partial charge in [0, 0.05) is 18.8 Å². The summed E-state index contributed by atoms with van der Waals surface area (Å²) in [5.74, 6) is -0.927. The van der Waals surface area contributed by atoms with Crippen LogP contribution in [0.3, 0.4) is 0 Å². The van der Waals surface area contributed by atoms with Crippen LogP contribution in [0, 0.1) is 5.82 Å². The van der Waals surface area contributed by atoms with Crippen LogP contribution in [0.1, 0.15) is 26.2 Å². The summed E-state index contributed by atoms with van der Waals surface area (Å²) in [5.41, 5.74) is 0. The second-order valence-electron chi connectivity index (χ2n) is 5.18. The molecule has 1 fully saturated rings. The number of hydrogen-bond donors (Lipinski definition) is 0. The summed E-state index contributed by atoms with van der Waals surface area (Å²) in [5, 5.41) is 0. The second-order valence-corrected chi connectivity index (χ2v) is 9.06. The lowest BCUT2D eigenvalue weighted by molar-refractivity contribution is 0.377. The lowest BCUT2D eigenvalue weighted by Crippen LogP contribution is -2.35. The van der Waals surface area contributed by atoms with Gasteiger partial charge in [-0.05, 0) is 37.5 Å². The molecule has 0 aliphatic carbocycles. The predicted octanol–water partition coefficient (Wildman–Crippen LogP) is 1.79. The van der Waals surface area contributed by atoms with Crippen LogP contribution >= 0.6 is 0 Å². The normalized spacial score (nSPS) is 20.8. The highest BCUT2D eigenvalue weighted by molar-refractivity contribution is 7.91. The third-order valence-corrected chi connectivity index (χ3v) is 6.79. The minimum Gasteiger partial charge on any atom is -0.224 e. The number of sulfonamides is 1. The Kier molecular flexibility index (Phi) is 4.41. The molecule has 0 spiro atoms. The SMILES string of the molecule is CCC1CCCN1S(=O)(=O)c1cc(S(C)(=O)=O)ccc1F. The van der Waals surface area contributed by atoms with Gasteiger partial charge in [0.1, 0.15) is 10.7 Å². The van der Waals surface area contributed by atoms with Crippen molar-refractivity contribution in [1.82, 2.24) is 4.31 Å². The van der Waals surface area contributed by atoms with Crippen molar-refractivity contribution in [2.75, 3.05) is 12.8 Å². The molecule has 1 aliphatic rings. The van der Waals surface area contributed by atoms with E-state index in [0.29, 0.717) is 13.0 Å². The molecule has 5 nitrogen and oxygen atoms in total. The number of rotatable bonds is 4. The number of nitrogens with zero attached hydrogens (tertiary/aromatic N) is 1. The van der Waals surface area contributed by atoms with E-state index in [9.17, 15) is 21.2 Å². The third-order valence-electron chi connectivity index (χ3n) is 3.71. The molecule has 1 saturated heterocycles. The molecule has 1 atom stereocenters. The summed E-state index contributed by atoms with van der Waals surface area (Å²) in [7, 11) is -7.61. The van der Waals surface area contributed by atoms with Crippen LogP contribution in [0.4, 0.5) is 4.39 Å². The second kappa shape index (κ2) is 5.66. The number of sulfone groups is 1. The van der Waals surface area contributed by atoms with E-state index in [4.69, 9.17) is 0 Å². The minimum absolute atomic E-state index is 0.156. The summed E-state index contributed by atoms with van der Waals surface area (Å²) in [6.45, 7) is 2.21. The van der Waals surface area contributed by atoms with Crippen molar-refractivity contribution in [3.05, 3.63) is 24.0 Å². The van der Waals surface area contributed by atoms with E-state index in [1.54, 1.807) is 0 Å². The largest absolute Gasteiger partial charge is 0.246 e. The molecule has 0 bridgehead atoms. The van der Waals surface area contributed by atoms with Crippen molar-refractivity contribution in [3.63, 3.8) is 0 Å². The Morgan fingerprint density at radius 1 is 1.29 bits per heavy atom. The van der Waals surface area contributed by atoms with E-state index in [1.165, 1.54) is 4.31 Å². The maximum absolute atomic E-state index is 13.9. The molecule has 0 amide bonds. The van der Waals surface area contributed by atoms with Crippen LogP contribution in [-0.4, -0.2) is 40.0 Å². The van der Waals surface area contributed by atoms with Crippen molar-refractivity contribution in [1.29, 1.82) is 0 Å². The predicted molar refractivity (Wildman–Crippen MR) is 76.7 cm³/mol. The molecule has 0 aromatic heterocycles. The molecular formula is C13H18FNO4S2. The fourth-order valence-electron chi connectivity index (χ4n) is 2.57. The van der Waals surface area contributed by atoms with Crippen LogP contribution in [-0.2, 0) is 19.9 Å². The molecule has 1 aromatic rings. The van der Waals surface area contributed by atoms with E-state index in [1.807, 2.05) is 6.92 Å². The Morgan fingerprint density at radius 3 is 2.52 bits per heavy atom. The molecule has 1 heterocycles. The lowest BCUT2D eigenvalue weighted by atomic mass is 10.2. The van der Waals surface area contributed by atoms with Gasteiger partial charge >= 0.3 is 0 Å². The Hall–Kier alpha value is -0.990. The van der Waals surface area contributed by atoms with E-state index in [2.05, 4.69) is 0 Å². The molecule has 0 N–H and O–H groups in total. The van der Waals surface area contributed by atoms with Crippen LogP contribution in [0.5, 0.6) is 0 Å². The van der Waals surface area contributed by atoms with Crippen molar-refractivity contribution in [3.8, 4) is 0 Å². The molecule has 1 aromatic carbocycles. The van der Waals surface area contributed by atoms with Crippen LogP contribution < -0.4 is 0 Å². The number of hydrogen-bond acceptors (Lipinski definition) is 4. The summed E-state index contributed by atoms with van der Waals surface area (Å²) >= 11 is 0. The van der Waals surface area contributed by atoms with E-state index in [-0.39, 0.29) is 10.9 Å². The average molecular weight is 335 g/mol. The molecule has 1 unspecified atom stereocenters. The maximum Gasteiger partial charge on any atom is 0.246 e. The standard InChI is InChI=1S/C13H18FNO4S2/c1-3-10-5-4-8-15(10)21(18,19)13-9-11(20(2,16)17)6-7-12(13)14/h6-7,9-10H,3-5,8H2,1-2H3. The van der Waals surface area contributed by atoms with Crippen LogP contribution in [0.15, 0.2) is 28.0 Å². The van der Waals surface area contributed by atoms with Crippen molar-refractivity contribution < 1.29 is 21.2 Å². The molecule has 118 valence electrons. The number of benzene rings is 1. The van der Waals surface area contributed by atoms with Gasteiger partial charge in [0.05, 0.1) is 4.90 Å². The summed E-state index contributed by atoms with van der Waals surface area (Å²) in [6, 6.07) is 2.72. The first-order chi connectivity index (χ1) is 9.67. The minimum atomic E-state index is -4.02. The van der Waals surface area contributed by atoms with Crippen LogP contribution in [0.25, 0.3) is 0 Å². The highest BCUT2D eigenvalue weighted by atomic mass is 32.2. The van der Waals surface area contributed by atoms with Gasteiger partial charge in [-0.2, -0.15) is 4.31 Å². The van der Waals surface area contributed by atoms with Gasteiger partial charge < -0.3 is 0 Å². The van der Waals surface area contributed by atoms with Gasteiger partial charge in [-0.25, -0.2) is 21.2 Å². The Balaban J connectivity index is 2.54. The molecule has 21 heavy (non-hydrogen) atoms. The van der Waals surface area contributed by atoms with Gasteiger partial charge in [-0.3, -0.25) is 0 Å². The zero-order valence-corrected chi connectivity index (χ0v) is 13.5. The van der Waals surface area contributed by atoms with E-state index >= 15 is 0 Å². The quantitative estimate of drug-likeness (QED) is 0.787. The maximum atomic E-state index is 13.9. The zero-order chi connectivity index (χ0) is 15.8. The topological polar surface area (TPSA) is 71.5 Å². The summed E-state index contributed by atoms with van der Waals surface area (Å²) < 4.78 is 63.5. The third kappa shape index (κ3) is 3.12. The monoisotopic (exact) mass is 335 g/mol. The zero-order valence-electron chi connectivity index (χ0n) is 11.9. The lowest BCUT2D eigenvalue weighted by Gasteiger charge is -2.23. The Labute approximate surface area is 124 Å². The molecule has 8 heteroatoms.